The Hall–Kier alpha value is -0.850. The van der Waals surface area contributed by atoms with E-state index in [-0.39, 0.29) is 23.7 Å². The molecule has 0 spiro atoms. The first-order chi connectivity index (χ1) is 10.7. The lowest BCUT2D eigenvalue weighted by atomic mass is 9.71. The van der Waals surface area contributed by atoms with Gasteiger partial charge in [0.15, 0.2) is 0 Å². The summed E-state index contributed by atoms with van der Waals surface area (Å²) in [6.45, 7) is 5.18. The standard InChI is InChI=1S/C16H28N4O2/c17-14-9-18-6-5-16(14,12-3-1-2-4-12)19-7-8-20-13(10-19)11-22-15(20)21/h12-14,18H,1-11,17H2. The van der Waals surface area contributed by atoms with Crippen LogP contribution in [0.5, 0.6) is 0 Å². The Balaban J connectivity index is 1.59. The number of amides is 1. The van der Waals surface area contributed by atoms with Crippen LogP contribution in [0.1, 0.15) is 32.1 Å². The van der Waals surface area contributed by atoms with Gasteiger partial charge in [0.2, 0.25) is 0 Å². The Kier molecular flexibility index (Phi) is 3.78. The second-order valence-corrected chi connectivity index (χ2v) is 7.40. The summed E-state index contributed by atoms with van der Waals surface area (Å²) in [5, 5.41) is 3.46. The summed E-state index contributed by atoms with van der Waals surface area (Å²) >= 11 is 0. The van der Waals surface area contributed by atoms with E-state index < -0.39 is 0 Å². The molecule has 3 heterocycles. The van der Waals surface area contributed by atoms with Crippen LogP contribution in [-0.4, -0.2) is 72.8 Å². The Morgan fingerprint density at radius 3 is 2.86 bits per heavy atom. The minimum absolute atomic E-state index is 0.124. The minimum Gasteiger partial charge on any atom is -0.447 e. The first kappa shape index (κ1) is 14.7. The Bertz CT molecular complexity index is 440. The fraction of sp³-hybridized carbons (Fsp3) is 0.938. The molecule has 1 saturated carbocycles. The van der Waals surface area contributed by atoms with Crippen LogP contribution < -0.4 is 11.1 Å². The van der Waals surface area contributed by atoms with Crippen LogP contribution in [0.2, 0.25) is 0 Å². The van der Waals surface area contributed by atoms with Gasteiger partial charge in [0.05, 0.1) is 6.04 Å². The first-order valence-corrected chi connectivity index (χ1v) is 8.86. The highest BCUT2D eigenvalue weighted by atomic mass is 16.6. The second-order valence-electron chi connectivity index (χ2n) is 7.40. The molecule has 22 heavy (non-hydrogen) atoms. The molecule has 0 aromatic heterocycles. The van der Waals surface area contributed by atoms with E-state index in [4.69, 9.17) is 10.5 Å². The third kappa shape index (κ3) is 2.15. The van der Waals surface area contributed by atoms with Gasteiger partial charge in [-0.2, -0.15) is 0 Å². The molecule has 3 atom stereocenters. The smallest absolute Gasteiger partial charge is 0.410 e. The highest BCUT2D eigenvalue weighted by Crippen LogP contribution is 2.43. The number of piperazine rings is 1. The zero-order chi connectivity index (χ0) is 15.2. The van der Waals surface area contributed by atoms with Crippen molar-refractivity contribution in [2.24, 2.45) is 11.7 Å². The van der Waals surface area contributed by atoms with E-state index in [1.54, 1.807) is 0 Å². The lowest BCUT2D eigenvalue weighted by Gasteiger charge is -2.56. The van der Waals surface area contributed by atoms with E-state index >= 15 is 0 Å². The molecule has 3 N–H and O–H groups in total. The van der Waals surface area contributed by atoms with Gasteiger partial charge in [-0.15, -0.1) is 0 Å². The average Bonchev–Trinajstić information content (AvgIpc) is 3.18. The number of carbonyl (C=O) groups is 1. The average molecular weight is 308 g/mol. The maximum atomic E-state index is 11.7. The summed E-state index contributed by atoms with van der Waals surface area (Å²) in [6.07, 6.45) is 6.33. The fourth-order valence-corrected chi connectivity index (χ4v) is 5.36. The number of hydrogen-bond acceptors (Lipinski definition) is 5. The van der Waals surface area contributed by atoms with Gasteiger partial charge in [0.25, 0.3) is 0 Å². The SMILES string of the molecule is NC1CNCCC1(C1CCCC1)N1CCN2C(=O)OCC2C1. The van der Waals surface area contributed by atoms with Gasteiger partial charge in [-0.1, -0.05) is 12.8 Å². The highest BCUT2D eigenvalue weighted by molar-refractivity contribution is 5.70. The number of hydrogen-bond donors (Lipinski definition) is 2. The molecule has 4 aliphatic rings. The van der Waals surface area contributed by atoms with Crippen molar-refractivity contribution < 1.29 is 9.53 Å². The summed E-state index contributed by atoms with van der Waals surface area (Å²) in [7, 11) is 0. The van der Waals surface area contributed by atoms with E-state index in [1.807, 2.05) is 4.90 Å². The predicted molar refractivity (Wildman–Crippen MR) is 83.6 cm³/mol. The maximum absolute atomic E-state index is 11.7. The van der Waals surface area contributed by atoms with Crippen molar-refractivity contribution >= 4 is 6.09 Å². The van der Waals surface area contributed by atoms with Crippen molar-refractivity contribution in [3.8, 4) is 0 Å². The van der Waals surface area contributed by atoms with Crippen molar-refractivity contribution in [3.05, 3.63) is 0 Å². The molecular formula is C16H28N4O2. The molecule has 6 nitrogen and oxygen atoms in total. The van der Waals surface area contributed by atoms with Crippen LogP contribution in [0.25, 0.3) is 0 Å². The molecular weight excluding hydrogens is 280 g/mol. The van der Waals surface area contributed by atoms with Crippen molar-refractivity contribution in [3.63, 3.8) is 0 Å². The van der Waals surface area contributed by atoms with Crippen LogP contribution in [0.4, 0.5) is 4.79 Å². The van der Waals surface area contributed by atoms with E-state index in [0.717, 1.165) is 39.1 Å². The third-order valence-electron chi connectivity index (χ3n) is 6.48. The monoisotopic (exact) mass is 308 g/mol. The van der Waals surface area contributed by atoms with Gasteiger partial charge in [-0.05, 0) is 31.7 Å². The first-order valence-electron chi connectivity index (χ1n) is 8.86. The summed E-state index contributed by atoms with van der Waals surface area (Å²) in [5.41, 5.74) is 6.80. The molecule has 4 rings (SSSR count). The van der Waals surface area contributed by atoms with E-state index in [9.17, 15) is 4.79 Å². The van der Waals surface area contributed by atoms with Crippen LogP contribution in [0.3, 0.4) is 0 Å². The number of carbonyl (C=O) groups excluding carboxylic acids is 1. The van der Waals surface area contributed by atoms with Gasteiger partial charge >= 0.3 is 6.09 Å². The highest BCUT2D eigenvalue weighted by Gasteiger charge is 2.52. The largest absolute Gasteiger partial charge is 0.447 e. The third-order valence-corrected chi connectivity index (χ3v) is 6.48. The predicted octanol–water partition coefficient (Wildman–Crippen LogP) is 0.372. The van der Waals surface area contributed by atoms with Crippen LogP contribution in [-0.2, 0) is 4.74 Å². The number of nitrogens with two attached hydrogens (primary N) is 1. The molecule has 0 aromatic carbocycles. The molecule has 3 saturated heterocycles. The molecule has 1 amide bonds. The van der Waals surface area contributed by atoms with Gasteiger partial charge in [0, 0.05) is 37.8 Å². The Morgan fingerprint density at radius 1 is 1.27 bits per heavy atom. The number of ether oxygens (including phenoxy) is 1. The fourth-order valence-electron chi connectivity index (χ4n) is 5.36. The quantitative estimate of drug-likeness (QED) is 0.771. The Morgan fingerprint density at radius 2 is 2.09 bits per heavy atom. The van der Waals surface area contributed by atoms with E-state index in [0.29, 0.717) is 12.5 Å². The zero-order valence-corrected chi connectivity index (χ0v) is 13.3. The molecule has 0 radical (unpaired) electrons. The van der Waals surface area contributed by atoms with Crippen LogP contribution in [0, 0.1) is 5.92 Å². The molecule has 3 unspecified atom stereocenters. The number of rotatable bonds is 2. The Labute approximate surface area is 132 Å². The van der Waals surface area contributed by atoms with E-state index in [1.165, 1.54) is 25.7 Å². The van der Waals surface area contributed by atoms with Gasteiger partial charge in [-0.3, -0.25) is 9.80 Å². The van der Waals surface area contributed by atoms with Gasteiger partial charge < -0.3 is 15.8 Å². The van der Waals surface area contributed by atoms with Crippen molar-refractivity contribution in [1.82, 2.24) is 15.1 Å². The summed E-state index contributed by atoms with van der Waals surface area (Å²) < 4.78 is 5.24. The summed E-state index contributed by atoms with van der Waals surface area (Å²) in [4.78, 5) is 16.3. The number of fused-ring (bicyclic) bond motifs is 1. The van der Waals surface area contributed by atoms with E-state index in [2.05, 4.69) is 10.2 Å². The zero-order valence-electron chi connectivity index (χ0n) is 13.3. The lowest BCUT2D eigenvalue weighted by Crippen LogP contribution is -2.72. The van der Waals surface area contributed by atoms with Crippen molar-refractivity contribution in [2.75, 3.05) is 39.3 Å². The molecule has 6 heteroatoms. The maximum Gasteiger partial charge on any atom is 0.410 e. The molecule has 3 aliphatic heterocycles. The van der Waals surface area contributed by atoms with Crippen molar-refractivity contribution in [2.45, 2.75) is 49.7 Å². The molecule has 124 valence electrons. The number of piperidine rings is 1. The van der Waals surface area contributed by atoms with Crippen LogP contribution >= 0.6 is 0 Å². The molecule has 4 fully saturated rings. The van der Waals surface area contributed by atoms with Crippen LogP contribution in [0.15, 0.2) is 0 Å². The second kappa shape index (κ2) is 5.65. The normalized spacial score (nSPS) is 40.8. The van der Waals surface area contributed by atoms with Crippen molar-refractivity contribution in [1.29, 1.82) is 0 Å². The topological polar surface area (TPSA) is 70.8 Å². The molecule has 1 aliphatic carbocycles. The summed E-state index contributed by atoms with van der Waals surface area (Å²) in [5.74, 6) is 0.717. The van der Waals surface area contributed by atoms with Gasteiger partial charge in [0.1, 0.15) is 6.61 Å². The summed E-state index contributed by atoms with van der Waals surface area (Å²) in [6, 6.07) is 0.413. The lowest BCUT2D eigenvalue weighted by molar-refractivity contribution is -0.0416. The molecule has 0 aromatic rings. The number of nitrogens with zero attached hydrogens (tertiary/aromatic N) is 2. The minimum atomic E-state index is -0.130. The number of cyclic esters (lactones) is 1. The molecule has 0 bridgehead atoms. The number of nitrogens with one attached hydrogen (secondary N) is 1. The van der Waals surface area contributed by atoms with Gasteiger partial charge in [-0.25, -0.2) is 4.79 Å².